The van der Waals surface area contributed by atoms with Gasteiger partial charge in [-0.1, -0.05) is 11.8 Å². The number of hydrogen-bond donors (Lipinski definition) is 2. The largest absolute Gasteiger partial charge is 0.490 e. The van der Waals surface area contributed by atoms with E-state index in [9.17, 15) is 9.59 Å². The first kappa shape index (κ1) is 25.8. The number of primary amides is 1. The van der Waals surface area contributed by atoms with Gasteiger partial charge in [-0.15, -0.1) is 0 Å². The van der Waals surface area contributed by atoms with Gasteiger partial charge in [0.2, 0.25) is 11.8 Å². The summed E-state index contributed by atoms with van der Waals surface area (Å²) in [5.74, 6) is 7.33. The summed E-state index contributed by atoms with van der Waals surface area (Å²) in [6, 6.07) is 3.98. The van der Waals surface area contributed by atoms with Crippen molar-refractivity contribution in [2.75, 3.05) is 19.7 Å². The molecule has 0 unspecified atom stereocenters. The molecular formula is C28H36N4O4. The van der Waals surface area contributed by atoms with Gasteiger partial charge in [0.1, 0.15) is 12.4 Å². The van der Waals surface area contributed by atoms with Crippen LogP contribution in [0.25, 0.3) is 10.8 Å². The molecule has 1 aromatic carbocycles. The highest BCUT2D eigenvalue weighted by Gasteiger charge is 2.23. The van der Waals surface area contributed by atoms with Crippen molar-refractivity contribution in [1.29, 1.82) is 0 Å². The number of hydrogen-bond acceptors (Lipinski definition) is 6. The van der Waals surface area contributed by atoms with E-state index in [0.717, 1.165) is 43.3 Å². The summed E-state index contributed by atoms with van der Waals surface area (Å²) in [7, 11) is 0. The topological polar surface area (TPSA) is 107 Å². The SMILES string of the molecule is CC(C)Oc1cc2c(OC[C@@H]3CCC(=O)N3)ncc(C#CC3CCN(C(C)C)CC3)c2cc1C(N)=O. The van der Waals surface area contributed by atoms with Crippen molar-refractivity contribution in [2.24, 2.45) is 11.7 Å². The Morgan fingerprint density at radius 1 is 1.19 bits per heavy atom. The maximum atomic E-state index is 12.3. The Hall–Kier alpha value is -3.31. The van der Waals surface area contributed by atoms with Gasteiger partial charge in [0, 0.05) is 35.3 Å². The molecule has 0 spiro atoms. The van der Waals surface area contributed by atoms with E-state index in [1.54, 1.807) is 18.3 Å². The summed E-state index contributed by atoms with van der Waals surface area (Å²) in [5.41, 5.74) is 6.72. The summed E-state index contributed by atoms with van der Waals surface area (Å²) in [4.78, 5) is 30.9. The summed E-state index contributed by atoms with van der Waals surface area (Å²) in [6.07, 6.45) is 4.83. The molecule has 2 amide bonds. The van der Waals surface area contributed by atoms with Crippen LogP contribution in [0.15, 0.2) is 18.3 Å². The number of pyridine rings is 1. The van der Waals surface area contributed by atoms with Crippen molar-refractivity contribution in [3.8, 4) is 23.5 Å². The number of aromatic nitrogens is 1. The number of nitrogens with zero attached hydrogens (tertiary/aromatic N) is 2. The Kier molecular flexibility index (Phi) is 8.00. The molecule has 2 aromatic rings. The highest BCUT2D eigenvalue weighted by Crippen LogP contribution is 2.34. The molecule has 3 heterocycles. The normalized spacial score (nSPS) is 18.8. The third-order valence-electron chi connectivity index (χ3n) is 6.76. The highest BCUT2D eigenvalue weighted by molar-refractivity contribution is 6.03. The molecule has 3 N–H and O–H groups in total. The number of benzene rings is 1. The number of carbonyl (C=O) groups is 2. The standard InChI is InChI=1S/C28H36N4O4/c1-17(2)32-11-9-19(10-12-32)5-6-20-15-30-28(35-16-21-7-8-26(33)31-21)23-14-25(36-18(3)4)24(27(29)34)13-22(20)23/h13-15,17-19,21H,7-12,16H2,1-4H3,(H2,29,34)(H,31,33)/t21-/m0/s1. The van der Waals surface area contributed by atoms with Gasteiger partial charge in [0.15, 0.2) is 0 Å². The minimum atomic E-state index is -0.569. The molecule has 0 radical (unpaired) electrons. The first-order valence-electron chi connectivity index (χ1n) is 12.8. The van der Waals surface area contributed by atoms with Crippen LogP contribution in [0.5, 0.6) is 11.6 Å². The van der Waals surface area contributed by atoms with Crippen LogP contribution in [0.1, 0.15) is 69.3 Å². The van der Waals surface area contributed by atoms with Crippen molar-refractivity contribution in [3.63, 3.8) is 0 Å². The zero-order chi connectivity index (χ0) is 25.8. The summed E-state index contributed by atoms with van der Waals surface area (Å²) >= 11 is 0. The van der Waals surface area contributed by atoms with E-state index in [1.807, 2.05) is 13.8 Å². The Balaban J connectivity index is 1.68. The molecule has 4 rings (SSSR count). The highest BCUT2D eigenvalue weighted by atomic mass is 16.5. The quantitative estimate of drug-likeness (QED) is 0.575. The molecule has 1 aromatic heterocycles. The van der Waals surface area contributed by atoms with E-state index in [1.165, 1.54) is 0 Å². The van der Waals surface area contributed by atoms with Crippen LogP contribution in [0.3, 0.4) is 0 Å². The van der Waals surface area contributed by atoms with Crippen LogP contribution in [-0.4, -0.2) is 59.6 Å². The number of ether oxygens (including phenoxy) is 2. The van der Waals surface area contributed by atoms with Gasteiger partial charge in [0.05, 0.1) is 23.3 Å². The molecule has 2 saturated heterocycles. The number of likely N-dealkylation sites (tertiary alicyclic amines) is 1. The number of amides is 2. The summed E-state index contributed by atoms with van der Waals surface area (Å²) in [6.45, 7) is 10.6. The molecular weight excluding hydrogens is 456 g/mol. The molecule has 2 aliphatic rings. The van der Waals surface area contributed by atoms with Gasteiger partial charge >= 0.3 is 0 Å². The van der Waals surface area contributed by atoms with E-state index in [4.69, 9.17) is 15.2 Å². The third kappa shape index (κ3) is 6.08. The first-order chi connectivity index (χ1) is 17.2. The van der Waals surface area contributed by atoms with E-state index in [0.29, 0.717) is 47.6 Å². The zero-order valence-corrected chi connectivity index (χ0v) is 21.6. The van der Waals surface area contributed by atoms with E-state index in [2.05, 4.69) is 40.9 Å². The number of carbonyl (C=O) groups excluding carboxylic acids is 2. The van der Waals surface area contributed by atoms with Crippen LogP contribution in [0.2, 0.25) is 0 Å². The second-order valence-corrected chi connectivity index (χ2v) is 10.2. The number of nitrogens with two attached hydrogens (primary N) is 1. The van der Waals surface area contributed by atoms with Gasteiger partial charge in [0.25, 0.3) is 5.91 Å². The molecule has 0 saturated carbocycles. The maximum absolute atomic E-state index is 12.3. The van der Waals surface area contributed by atoms with Crippen molar-refractivity contribution < 1.29 is 19.1 Å². The molecule has 192 valence electrons. The molecule has 1 atom stereocenters. The lowest BCUT2D eigenvalue weighted by Gasteiger charge is -2.32. The third-order valence-corrected chi connectivity index (χ3v) is 6.76. The molecule has 0 aliphatic carbocycles. The second-order valence-electron chi connectivity index (χ2n) is 10.2. The number of fused-ring (bicyclic) bond motifs is 1. The molecule has 8 nitrogen and oxygen atoms in total. The molecule has 8 heteroatoms. The molecule has 36 heavy (non-hydrogen) atoms. The van der Waals surface area contributed by atoms with Gasteiger partial charge in [-0.2, -0.15) is 0 Å². The van der Waals surface area contributed by atoms with Gasteiger partial charge in [-0.05, 0) is 72.2 Å². The Bertz CT molecular complexity index is 1190. The fraction of sp³-hybridized carbons (Fsp3) is 0.536. The minimum Gasteiger partial charge on any atom is -0.490 e. The van der Waals surface area contributed by atoms with E-state index < -0.39 is 5.91 Å². The van der Waals surface area contributed by atoms with Gasteiger partial charge in [-0.3, -0.25) is 9.59 Å². The van der Waals surface area contributed by atoms with Gasteiger partial charge < -0.3 is 25.4 Å². The van der Waals surface area contributed by atoms with Crippen LogP contribution < -0.4 is 20.5 Å². The van der Waals surface area contributed by atoms with Crippen molar-refractivity contribution >= 4 is 22.6 Å². The van der Waals surface area contributed by atoms with Crippen molar-refractivity contribution in [1.82, 2.24) is 15.2 Å². The number of nitrogens with one attached hydrogen (secondary N) is 1. The lowest BCUT2D eigenvalue weighted by molar-refractivity contribution is -0.119. The zero-order valence-electron chi connectivity index (χ0n) is 21.6. The van der Waals surface area contributed by atoms with Crippen LogP contribution in [0, 0.1) is 17.8 Å². The van der Waals surface area contributed by atoms with Crippen LogP contribution >= 0.6 is 0 Å². The first-order valence-corrected chi connectivity index (χ1v) is 12.8. The lowest BCUT2D eigenvalue weighted by atomic mass is 9.95. The summed E-state index contributed by atoms with van der Waals surface area (Å²) in [5, 5.41) is 4.35. The Morgan fingerprint density at radius 2 is 1.94 bits per heavy atom. The van der Waals surface area contributed by atoms with Crippen LogP contribution in [0.4, 0.5) is 0 Å². The fourth-order valence-corrected chi connectivity index (χ4v) is 4.72. The Morgan fingerprint density at radius 3 is 2.56 bits per heavy atom. The van der Waals surface area contributed by atoms with E-state index >= 15 is 0 Å². The summed E-state index contributed by atoms with van der Waals surface area (Å²) < 4.78 is 11.9. The number of rotatable bonds is 7. The lowest BCUT2D eigenvalue weighted by Crippen LogP contribution is -2.38. The minimum absolute atomic E-state index is 0.0324. The van der Waals surface area contributed by atoms with Gasteiger partial charge in [-0.25, -0.2) is 4.98 Å². The second kappa shape index (κ2) is 11.2. The number of piperidine rings is 1. The average Bonchev–Trinajstić information content (AvgIpc) is 3.26. The van der Waals surface area contributed by atoms with Crippen LogP contribution in [-0.2, 0) is 4.79 Å². The molecule has 2 aliphatic heterocycles. The smallest absolute Gasteiger partial charge is 0.252 e. The Labute approximate surface area is 212 Å². The monoisotopic (exact) mass is 492 g/mol. The molecule has 0 bridgehead atoms. The fourth-order valence-electron chi connectivity index (χ4n) is 4.72. The molecule has 2 fully saturated rings. The predicted molar refractivity (Wildman–Crippen MR) is 139 cm³/mol. The van der Waals surface area contributed by atoms with Crippen molar-refractivity contribution in [3.05, 3.63) is 29.5 Å². The average molecular weight is 493 g/mol. The predicted octanol–water partition coefficient (Wildman–Crippen LogP) is 3.25. The maximum Gasteiger partial charge on any atom is 0.252 e. The van der Waals surface area contributed by atoms with E-state index in [-0.39, 0.29) is 18.1 Å². The van der Waals surface area contributed by atoms with Crippen molar-refractivity contribution in [2.45, 2.75) is 71.6 Å².